The van der Waals surface area contributed by atoms with Crippen LogP contribution in [0.3, 0.4) is 0 Å². The van der Waals surface area contributed by atoms with Crippen molar-refractivity contribution in [2.75, 3.05) is 53.6 Å². The van der Waals surface area contributed by atoms with E-state index in [0.717, 1.165) is 63.7 Å². The number of benzene rings is 1. The van der Waals surface area contributed by atoms with Gasteiger partial charge < -0.3 is 19.5 Å². The van der Waals surface area contributed by atoms with Crippen molar-refractivity contribution >= 4 is 24.8 Å². The number of hydrogen-bond acceptors (Lipinski definition) is 5. The van der Waals surface area contributed by atoms with E-state index in [2.05, 4.69) is 16.3 Å². The molecule has 1 atom stereocenters. The molecule has 0 aromatic heterocycles. The summed E-state index contributed by atoms with van der Waals surface area (Å²) in [6.45, 7) is 6.00. The third-order valence-corrected chi connectivity index (χ3v) is 5.02. The molecule has 7 heteroatoms. The number of ether oxygens (including phenoxy) is 3. The van der Waals surface area contributed by atoms with Gasteiger partial charge in [-0.1, -0.05) is 6.07 Å². The predicted octanol–water partition coefficient (Wildman–Crippen LogP) is 2.92. The second kappa shape index (κ2) is 11.1. The van der Waals surface area contributed by atoms with Gasteiger partial charge in [-0.15, -0.1) is 24.8 Å². The molecule has 2 saturated heterocycles. The van der Waals surface area contributed by atoms with Gasteiger partial charge in [-0.25, -0.2) is 0 Å². The Balaban J connectivity index is 0.00000156. The van der Waals surface area contributed by atoms with Gasteiger partial charge in [0.2, 0.25) is 0 Å². The maximum Gasteiger partial charge on any atom is 0.127 e. The smallest absolute Gasteiger partial charge is 0.127 e. The lowest BCUT2D eigenvalue weighted by Crippen LogP contribution is -2.47. The fourth-order valence-corrected chi connectivity index (χ4v) is 3.80. The first kappa shape index (κ1) is 22.3. The zero-order valence-electron chi connectivity index (χ0n) is 15.0. The minimum atomic E-state index is 0. The van der Waals surface area contributed by atoms with E-state index in [1.165, 1.54) is 5.56 Å². The first-order valence-electron chi connectivity index (χ1n) is 8.58. The topological polar surface area (TPSA) is 43.0 Å². The van der Waals surface area contributed by atoms with Crippen LogP contribution in [0.1, 0.15) is 24.4 Å². The third kappa shape index (κ3) is 5.38. The number of piperazine rings is 1. The lowest BCUT2D eigenvalue weighted by atomic mass is 9.85. The molecule has 2 heterocycles. The van der Waals surface area contributed by atoms with Gasteiger partial charge in [0.15, 0.2) is 0 Å². The van der Waals surface area contributed by atoms with E-state index >= 15 is 0 Å². The molecule has 1 aromatic carbocycles. The summed E-state index contributed by atoms with van der Waals surface area (Å²) >= 11 is 0. The molecule has 1 N–H and O–H groups in total. The Morgan fingerprint density at radius 1 is 1.08 bits per heavy atom. The largest absolute Gasteiger partial charge is 0.497 e. The van der Waals surface area contributed by atoms with Crippen molar-refractivity contribution in [3.63, 3.8) is 0 Å². The second-order valence-corrected chi connectivity index (χ2v) is 6.29. The van der Waals surface area contributed by atoms with Gasteiger partial charge in [-0.2, -0.15) is 0 Å². The van der Waals surface area contributed by atoms with E-state index in [4.69, 9.17) is 14.2 Å². The van der Waals surface area contributed by atoms with Crippen LogP contribution < -0.4 is 14.8 Å². The molecule has 0 saturated carbocycles. The molecule has 144 valence electrons. The molecule has 25 heavy (non-hydrogen) atoms. The number of nitrogens with one attached hydrogen (secondary N) is 1. The predicted molar refractivity (Wildman–Crippen MR) is 105 cm³/mol. The Morgan fingerprint density at radius 2 is 1.76 bits per heavy atom. The summed E-state index contributed by atoms with van der Waals surface area (Å²) in [6.07, 6.45) is 2.23. The molecule has 0 amide bonds. The van der Waals surface area contributed by atoms with E-state index in [-0.39, 0.29) is 24.8 Å². The van der Waals surface area contributed by atoms with Crippen LogP contribution in [-0.2, 0) is 4.74 Å². The fraction of sp³-hybridized carbons (Fsp3) is 0.667. The quantitative estimate of drug-likeness (QED) is 0.834. The monoisotopic (exact) mass is 392 g/mol. The highest BCUT2D eigenvalue weighted by Crippen LogP contribution is 2.40. The summed E-state index contributed by atoms with van der Waals surface area (Å²) in [7, 11) is 3.44. The minimum Gasteiger partial charge on any atom is -0.497 e. The van der Waals surface area contributed by atoms with Gasteiger partial charge in [-0.05, 0) is 24.8 Å². The first-order chi connectivity index (χ1) is 11.3. The van der Waals surface area contributed by atoms with Crippen molar-refractivity contribution in [2.24, 2.45) is 5.92 Å². The maximum atomic E-state index is 5.70. The normalized spacial score (nSPS) is 20.1. The van der Waals surface area contributed by atoms with Crippen LogP contribution in [0.15, 0.2) is 18.2 Å². The van der Waals surface area contributed by atoms with Crippen molar-refractivity contribution < 1.29 is 14.2 Å². The van der Waals surface area contributed by atoms with E-state index in [1.807, 2.05) is 12.1 Å². The van der Waals surface area contributed by atoms with Gasteiger partial charge in [-0.3, -0.25) is 4.90 Å². The summed E-state index contributed by atoms with van der Waals surface area (Å²) < 4.78 is 16.6. The van der Waals surface area contributed by atoms with Crippen molar-refractivity contribution in [3.8, 4) is 11.5 Å². The van der Waals surface area contributed by atoms with Crippen LogP contribution in [0.4, 0.5) is 0 Å². The van der Waals surface area contributed by atoms with Crippen LogP contribution in [0, 0.1) is 5.92 Å². The van der Waals surface area contributed by atoms with E-state index in [1.54, 1.807) is 14.2 Å². The summed E-state index contributed by atoms with van der Waals surface area (Å²) in [4.78, 5) is 2.61. The van der Waals surface area contributed by atoms with Gasteiger partial charge in [0.05, 0.1) is 14.2 Å². The molecular weight excluding hydrogens is 363 g/mol. The molecule has 0 radical (unpaired) electrons. The zero-order valence-corrected chi connectivity index (χ0v) is 16.7. The van der Waals surface area contributed by atoms with Crippen LogP contribution in [0.5, 0.6) is 11.5 Å². The fourth-order valence-electron chi connectivity index (χ4n) is 3.80. The van der Waals surface area contributed by atoms with Gasteiger partial charge >= 0.3 is 0 Å². The van der Waals surface area contributed by atoms with Gasteiger partial charge in [0.25, 0.3) is 0 Å². The average Bonchev–Trinajstić information content (AvgIpc) is 2.64. The van der Waals surface area contributed by atoms with Crippen molar-refractivity contribution in [2.45, 2.75) is 18.9 Å². The summed E-state index contributed by atoms with van der Waals surface area (Å²) in [5.74, 6) is 2.39. The highest BCUT2D eigenvalue weighted by atomic mass is 35.5. The Hall–Kier alpha value is -0.720. The molecular formula is C18H30Cl2N2O3. The molecule has 0 unspecified atom stereocenters. The average molecular weight is 393 g/mol. The summed E-state index contributed by atoms with van der Waals surface area (Å²) in [6, 6.07) is 6.62. The minimum absolute atomic E-state index is 0. The molecule has 2 fully saturated rings. The van der Waals surface area contributed by atoms with E-state index in [0.29, 0.717) is 12.0 Å². The van der Waals surface area contributed by atoms with E-state index < -0.39 is 0 Å². The number of methoxy groups -OCH3 is 2. The molecule has 1 aromatic rings. The van der Waals surface area contributed by atoms with E-state index in [9.17, 15) is 0 Å². The van der Waals surface area contributed by atoms with Crippen molar-refractivity contribution in [1.82, 2.24) is 10.2 Å². The Kier molecular flexibility index (Phi) is 9.90. The number of halogens is 2. The van der Waals surface area contributed by atoms with Crippen molar-refractivity contribution in [3.05, 3.63) is 23.8 Å². The summed E-state index contributed by atoms with van der Waals surface area (Å²) in [5, 5.41) is 3.45. The standard InChI is InChI=1S/C18H28N2O3.2ClH/c1-21-15-3-4-16(17(13-15)22-2)18(14-5-11-23-12-6-14)20-9-7-19-8-10-20;;/h3-4,13-14,18-19H,5-12H2,1-2H3;2*1H/t18-;;/m0../s1. The van der Waals surface area contributed by atoms with Crippen molar-refractivity contribution in [1.29, 1.82) is 0 Å². The molecule has 0 bridgehead atoms. The third-order valence-electron chi connectivity index (χ3n) is 5.02. The van der Waals surface area contributed by atoms with Crippen LogP contribution >= 0.6 is 24.8 Å². The lowest BCUT2D eigenvalue weighted by molar-refractivity contribution is 0.0206. The molecule has 3 rings (SSSR count). The lowest BCUT2D eigenvalue weighted by Gasteiger charge is -2.41. The molecule has 5 nitrogen and oxygen atoms in total. The Labute approximate surface area is 163 Å². The molecule has 2 aliphatic heterocycles. The zero-order chi connectivity index (χ0) is 16.1. The van der Waals surface area contributed by atoms with Gasteiger partial charge in [0, 0.05) is 57.1 Å². The van der Waals surface area contributed by atoms with Crippen LogP contribution in [0.25, 0.3) is 0 Å². The Bertz CT molecular complexity index is 489. The number of rotatable bonds is 5. The SMILES string of the molecule is COc1ccc([C@H](C2CCOCC2)N2CCNCC2)c(OC)c1.Cl.Cl. The maximum absolute atomic E-state index is 5.70. The number of nitrogens with zero attached hydrogens (tertiary/aromatic N) is 1. The second-order valence-electron chi connectivity index (χ2n) is 6.29. The highest BCUT2D eigenvalue weighted by molar-refractivity contribution is 5.85. The summed E-state index contributed by atoms with van der Waals surface area (Å²) in [5.41, 5.74) is 1.28. The molecule has 0 aliphatic carbocycles. The van der Waals surface area contributed by atoms with Crippen LogP contribution in [0.2, 0.25) is 0 Å². The van der Waals surface area contributed by atoms with Crippen LogP contribution in [-0.4, -0.2) is 58.5 Å². The highest BCUT2D eigenvalue weighted by Gasteiger charge is 2.33. The van der Waals surface area contributed by atoms with Gasteiger partial charge in [0.1, 0.15) is 11.5 Å². The number of hydrogen-bond donors (Lipinski definition) is 1. The molecule has 2 aliphatic rings. The molecule has 0 spiro atoms. The first-order valence-corrected chi connectivity index (χ1v) is 8.58. The Morgan fingerprint density at radius 3 is 2.36 bits per heavy atom.